The maximum absolute atomic E-state index is 13.8. The van der Waals surface area contributed by atoms with Crippen LogP contribution in [0.25, 0.3) is 0 Å². The number of nitrogens with zero attached hydrogens (tertiary/aromatic N) is 1. The molecule has 1 aromatic rings. The van der Waals surface area contributed by atoms with Gasteiger partial charge >= 0.3 is 0 Å². The zero-order valence-corrected chi connectivity index (χ0v) is 11.1. The van der Waals surface area contributed by atoms with Crippen molar-refractivity contribution in [2.24, 2.45) is 0 Å². The van der Waals surface area contributed by atoms with Gasteiger partial charge in [-0.2, -0.15) is 0 Å². The molecule has 1 atom stereocenters. The zero-order chi connectivity index (χ0) is 14.1. The van der Waals surface area contributed by atoms with Crippen LogP contribution in [0.2, 0.25) is 0 Å². The fraction of sp³-hybridized carbons (Fsp3) is 0.308. The van der Waals surface area contributed by atoms with Gasteiger partial charge < -0.3 is 4.90 Å². The van der Waals surface area contributed by atoms with Gasteiger partial charge in [-0.25, -0.2) is 4.39 Å². The van der Waals surface area contributed by atoms with Crippen molar-refractivity contribution in [1.82, 2.24) is 5.32 Å². The molecule has 1 saturated heterocycles. The van der Waals surface area contributed by atoms with Crippen molar-refractivity contribution in [3.63, 3.8) is 0 Å². The minimum atomic E-state index is -1.56. The maximum atomic E-state index is 13.8. The van der Waals surface area contributed by atoms with E-state index in [2.05, 4.69) is 5.32 Å². The number of amides is 3. The van der Waals surface area contributed by atoms with Crippen LogP contribution in [-0.2, 0) is 19.8 Å². The van der Waals surface area contributed by atoms with Crippen LogP contribution < -0.4 is 10.2 Å². The van der Waals surface area contributed by atoms with Crippen molar-refractivity contribution in [2.75, 3.05) is 17.2 Å². The first-order chi connectivity index (χ1) is 9.54. The molecule has 1 unspecified atom stereocenters. The van der Waals surface area contributed by atoms with Gasteiger partial charge in [0.2, 0.25) is 17.7 Å². The van der Waals surface area contributed by atoms with Gasteiger partial charge in [-0.3, -0.25) is 19.7 Å². The van der Waals surface area contributed by atoms with Crippen LogP contribution in [0.5, 0.6) is 0 Å². The molecule has 20 heavy (non-hydrogen) atoms. The Hall–Kier alpha value is -1.89. The summed E-state index contributed by atoms with van der Waals surface area (Å²) in [6, 6.07) is 2.58. The van der Waals surface area contributed by atoms with Gasteiger partial charge in [0.05, 0.1) is 12.1 Å². The fourth-order valence-electron chi connectivity index (χ4n) is 3.18. The number of hydrogen-bond acceptors (Lipinski definition) is 4. The lowest BCUT2D eigenvalue weighted by Crippen LogP contribution is -2.46. The molecule has 1 N–H and O–H groups in total. The Labute approximate surface area is 117 Å². The van der Waals surface area contributed by atoms with Gasteiger partial charge in [0, 0.05) is 22.8 Å². The normalized spacial score (nSPS) is 27.2. The third-order valence-electron chi connectivity index (χ3n) is 4.02. The van der Waals surface area contributed by atoms with E-state index in [-0.39, 0.29) is 6.42 Å². The average molecular weight is 292 g/mol. The lowest BCUT2D eigenvalue weighted by atomic mass is 9.80. The van der Waals surface area contributed by atoms with Crippen molar-refractivity contribution in [3.8, 4) is 0 Å². The second-order valence-corrected chi connectivity index (χ2v) is 6.20. The molecule has 5 nitrogen and oxygen atoms in total. The summed E-state index contributed by atoms with van der Waals surface area (Å²) in [6.07, 6.45) is -0.234. The highest BCUT2D eigenvalue weighted by Gasteiger charge is 2.62. The van der Waals surface area contributed by atoms with Crippen LogP contribution in [0.1, 0.15) is 12.0 Å². The molecule has 3 aliphatic rings. The summed E-state index contributed by atoms with van der Waals surface area (Å²) in [5.74, 6) is -1.39. The summed E-state index contributed by atoms with van der Waals surface area (Å²) in [4.78, 5) is 38.5. The lowest BCUT2D eigenvalue weighted by Gasteiger charge is -2.25. The second kappa shape index (κ2) is 3.60. The van der Waals surface area contributed by atoms with Crippen LogP contribution in [0, 0.1) is 5.82 Å². The number of hydrogen-bond donors (Lipinski definition) is 1. The molecular weight excluding hydrogens is 283 g/mol. The van der Waals surface area contributed by atoms with E-state index in [9.17, 15) is 18.8 Å². The van der Waals surface area contributed by atoms with Crippen molar-refractivity contribution in [1.29, 1.82) is 0 Å². The molecule has 1 fully saturated rings. The van der Waals surface area contributed by atoms with E-state index in [1.54, 1.807) is 0 Å². The van der Waals surface area contributed by atoms with Crippen molar-refractivity contribution >= 4 is 35.2 Å². The van der Waals surface area contributed by atoms with E-state index in [0.29, 0.717) is 28.4 Å². The molecule has 3 amide bonds. The number of carbonyl (C=O) groups excluding carboxylic acids is 3. The molecule has 1 spiro atoms. The number of nitrogens with one attached hydrogen (secondary N) is 1. The monoisotopic (exact) mass is 292 g/mol. The first-order valence-electron chi connectivity index (χ1n) is 6.17. The van der Waals surface area contributed by atoms with Gasteiger partial charge in [0.15, 0.2) is 5.41 Å². The minimum Gasteiger partial charge on any atom is -0.309 e. The van der Waals surface area contributed by atoms with Crippen LogP contribution in [0.15, 0.2) is 17.0 Å². The summed E-state index contributed by atoms with van der Waals surface area (Å²) in [6.45, 7) is 0.471. The largest absolute Gasteiger partial charge is 0.309 e. The first kappa shape index (κ1) is 11.9. The van der Waals surface area contributed by atoms with Gasteiger partial charge in [0.1, 0.15) is 5.82 Å². The molecule has 7 heteroatoms. The van der Waals surface area contributed by atoms with E-state index in [1.165, 1.54) is 28.8 Å². The van der Waals surface area contributed by atoms with Crippen molar-refractivity contribution in [3.05, 3.63) is 23.5 Å². The highest BCUT2D eigenvalue weighted by Crippen LogP contribution is 2.52. The molecule has 0 radical (unpaired) electrons. The molecule has 3 aliphatic heterocycles. The molecular formula is C13H9FN2O3S. The second-order valence-electron chi connectivity index (χ2n) is 5.06. The van der Waals surface area contributed by atoms with Gasteiger partial charge in [-0.1, -0.05) is 0 Å². The standard InChI is InChI=1S/C13H9FN2O3S/c14-6-3-7-10-8(4-6)20-2-1-16(10)12(19)13(7)5-9(17)15-11(13)18/h3-4H,1-2,5H2,(H,15,17,18). The summed E-state index contributed by atoms with van der Waals surface area (Å²) in [7, 11) is 0. The third-order valence-corrected chi connectivity index (χ3v) is 5.03. The number of anilines is 1. The van der Waals surface area contributed by atoms with Gasteiger partial charge in [-0.15, -0.1) is 11.8 Å². The molecule has 0 saturated carbocycles. The Bertz CT molecular complexity index is 705. The molecule has 0 bridgehead atoms. The Balaban J connectivity index is 2.05. The number of fused-ring (bicyclic) bond motifs is 1. The number of halogens is 1. The van der Waals surface area contributed by atoms with Crippen LogP contribution >= 0.6 is 11.8 Å². The first-order valence-corrected chi connectivity index (χ1v) is 7.16. The van der Waals surface area contributed by atoms with E-state index in [1.807, 2.05) is 0 Å². The van der Waals surface area contributed by atoms with Crippen molar-refractivity contribution in [2.45, 2.75) is 16.7 Å². The van der Waals surface area contributed by atoms with E-state index in [0.717, 1.165) is 0 Å². The Morgan fingerprint density at radius 1 is 1.30 bits per heavy atom. The van der Waals surface area contributed by atoms with E-state index < -0.39 is 29.0 Å². The SMILES string of the molecule is O=C1CC2(C(=O)N1)C(=O)N1CCSc3cc(F)cc2c31. The number of rotatable bonds is 0. The number of thioether (sulfide) groups is 1. The average Bonchev–Trinajstić information content (AvgIpc) is 2.82. The molecule has 4 rings (SSSR count). The third kappa shape index (κ3) is 1.21. The van der Waals surface area contributed by atoms with Crippen LogP contribution in [0.4, 0.5) is 10.1 Å². The predicted molar refractivity (Wildman–Crippen MR) is 68.9 cm³/mol. The molecule has 0 aromatic heterocycles. The Morgan fingerprint density at radius 3 is 2.80 bits per heavy atom. The van der Waals surface area contributed by atoms with E-state index in [4.69, 9.17) is 0 Å². The molecule has 102 valence electrons. The predicted octanol–water partition coefficient (Wildman–Crippen LogP) is 0.562. The number of imide groups is 1. The summed E-state index contributed by atoms with van der Waals surface area (Å²) < 4.78 is 13.8. The smallest absolute Gasteiger partial charge is 0.247 e. The minimum absolute atomic E-state index is 0.234. The quantitative estimate of drug-likeness (QED) is 0.560. The summed E-state index contributed by atoms with van der Waals surface area (Å²) in [5.41, 5.74) is -0.640. The van der Waals surface area contributed by atoms with Crippen molar-refractivity contribution < 1.29 is 18.8 Å². The maximum Gasteiger partial charge on any atom is 0.247 e. The summed E-state index contributed by atoms with van der Waals surface area (Å²) in [5, 5.41) is 2.17. The van der Waals surface area contributed by atoms with Crippen LogP contribution in [-0.4, -0.2) is 30.0 Å². The van der Waals surface area contributed by atoms with Crippen LogP contribution in [0.3, 0.4) is 0 Å². The van der Waals surface area contributed by atoms with E-state index >= 15 is 0 Å². The number of benzene rings is 1. The van der Waals surface area contributed by atoms with Gasteiger partial charge in [-0.05, 0) is 12.1 Å². The van der Waals surface area contributed by atoms with Gasteiger partial charge in [0.25, 0.3) is 0 Å². The highest BCUT2D eigenvalue weighted by atomic mass is 32.2. The molecule has 3 heterocycles. The lowest BCUT2D eigenvalue weighted by molar-refractivity contribution is -0.133. The number of carbonyl (C=O) groups is 3. The topological polar surface area (TPSA) is 66.5 Å². The highest BCUT2D eigenvalue weighted by molar-refractivity contribution is 7.99. The fourth-order valence-corrected chi connectivity index (χ4v) is 4.23. The molecule has 1 aromatic carbocycles. The molecule has 0 aliphatic carbocycles. The Kier molecular flexibility index (Phi) is 2.14. The zero-order valence-electron chi connectivity index (χ0n) is 10.2. The summed E-state index contributed by atoms with van der Waals surface area (Å²) >= 11 is 1.46. The Morgan fingerprint density at radius 2 is 2.10 bits per heavy atom.